The summed E-state index contributed by atoms with van der Waals surface area (Å²) in [6, 6.07) is 8.16. The monoisotopic (exact) mass is 232 g/mol. The molecule has 3 nitrogen and oxygen atoms in total. The first-order valence-electron chi connectivity index (χ1n) is 6.41. The highest BCUT2D eigenvalue weighted by molar-refractivity contribution is 5.99. The van der Waals surface area contributed by atoms with Crippen molar-refractivity contribution in [3.05, 3.63) is 29.8 Å². The van der Waals surface area contributed by atoms with E-state index in [9.17, 15) is 0 Å². The molecule has 1 aromatic rings. The Morgan fingerprint density at radius 2 is 2.06 bits per heavy atom. The number of aliphatic imine (C=N–C) groups is 1. The number of nitrogens with zero attached hydrogens (tertiary/aromatic N) is 1. The lowest BCUT2D eigenvalue weighted by Crippen LogP contribution is -2.19. The van der Waals surface area contributed by atoms with E-state index >= 15 is 0 Å². The highest BCUT2D eigenvalue weighted by Crippen LogP contribution is 2.13. The third-order valence-corrected chi connectivity index (χ3v) is 2.82. The highest BCUT2D eigenvalue weighted by atomic mass is 16.5. The van der Waals surface area contributed by atoms with Crippen molar-refractivity contribution in [3.63, 3.8) is 0 Å². The van der Waals surface area contributed by atoms with Crippen molar-refractivity contribution < 1.29 is 4.74 Å². The van der Waals surface area contributed by atoms with Crippen molar-refractivity contribution in [1.82, 2.24) is 5.32 Å². The number of ether oxygens (including phenoxy) is 1. The van der Waals surface area contributed by atoms with Gasteiger partial charge in [0.2, 0.25) is 0 Å². The van der Waals surface area contributed by atoms with Gasteiger partial charge in [-0.3, -0.25) is 4.99 Å². The van der Waals surface area contributed by atoms with Gasteiger partial charge in [-0.25, -0.2) is 0 Å². The van der Waals surface area contributed by atoms with Crippen LogP contribution in [-0.2, 0) is 0 Å². The summed E-state index contributed by atoms with van der Waals surface area (Å²) in [5.41, 5.74) is 1.14. The second-order valence-electron chi connectivity index (χ2n) is 4.24. The first-order valence-corrected chi connectivity index (χ1v) is 6.41. The van der Waals surface area contributed by atoms with Crippen molar-refractivity contribution in [2.24, 2.45) is 4.99 Å². The Hall–Kier alpha value is -1.51. The zero-order valence-corrected chi connectivity index (χ0v) is 10.4. The Balaban J connectivity index is 1.85. The number of hydrogen-bond acceptors (Lipinski definition) is 3. The van der Waals surface area contributed by atoms with Crippen LogP contribution in [0.1, 0.15) is 31.7 Å². The second-order valence-corrected chi connectivity index (χ2v) is 4.24. The summed E-state index contributed by atoms with van der Waals surface area (Å²) in [5.74, 6) is 1.95. The van der Waals surface area contributed by atoms with E-state index in [4.69, 9.17) is 4.74 Å². The zero-order chi connectivity index (χ0) is 11.9. The molecule has 2 rings (SSSR count). The number of amidine groups is 1. The molecule has 0 unspecified atom stereocenters. The maximum absolute atomic E-state index is 5.67. The Morgan fingerprint density at radius 3 is 2.71 bits per heavy atom. The fourth-order valence-electron chi connectivity index (χ4n) is 1.84. The van der Waals surface area contributed by atoms with E-state index in [-0.39, 0.29) is 0 Å². The Bertz CT molecular complexity index is 370. The normalized spacial score (nSPS) is 14.3. The molecule has 17 heavy (non-hydrogen) atoms. The molecule has 0 saturated carbocycles. The number of unbranched alkanes of at least 4 members (excludes halogenated alkanes) is 2. The van der Waals surface area contributed by atoms with Gasteiger partial charge in [0.15, 0.2) is 0 Å². The van der Waals surface area contributed by atoms with Gasteiger partial charge in [0.25, 0.3) is 0 Å². The summed E-state index contributed by atoms with van der Waals surface area (Å²) >= 11 is 0. The van der Waals surface area contributed by atoms with E-state index in [2.05, 4.69) is 29.4 Å². The summed E-state index contributed by atoms with van der Waals surface area (Å²) in [4.78, 5) is 4.39. The van der Waals surface area contributed by atoms with Crippen LogP contribution in [-0.4, -0.2) is 25.5 Å². The molecule has 0 aliphatic carbocycles. The van der Waals surface area contributed by atoms with E-state index < -0.39 is 0 Å². The van der Waals surface area contributed by atoms with Gasteiger partial charge in [-0.1, -0.05) is 19.8 Å². The smallest absolute Gasteiger partial charge is 0.128 e. The standard InChI is InChI=1S/C14H20N2O/c1-2-3-4-11-17-13-7-5-12(6-8-13)14-15-9-10-16-14/h5-8H,2-4,9-11H2,1H3,(H,15,16). The third-order valence-electron chi connectivity index (χ3n) is 2.82. The summed E-state index contributed by atoms with van der Waals surface area (Å²) in [5, 5.41) is 3.26. The van der Waals surface area contributed by atoms with Crippen molar-refractivity contribution in [2.45, 2.75) is 26.2 Å². The van der Waals surface area contributed by atoms with Crippen LogP contribution in [0.3, 0.4) is 0 Å². The number of nitrogens with one attached hydrogen (secondary N) is 1. The SMILES string of the molecule is CCCCCOc1ccc(C2=NCCN2)cc1. The Labute approximate surface area is 103 Å². The van der Waals surface area contributed by atoms with Crippen molar-refractivity contribution in [2.75, 3.05) is 19.7 Å². The largest absolute Gasteiger partial charge is 0.494 e. The minimum atomic E-state index is 0.812. The van der Waals surface area contributed by atoms with Gasteiger partial charge < -0.3 is 10.1 Å². The van der Waals surface area contributed by atoms with Crippen LogP contribution in [0, 0.1) is 0 Å². The summed E-state index contributed by atoms with van der Waals surface area (Å²) < 4.78 is 5.67. The molecule has 1 aliphatic rings. The lowest BCUT2D eigenvalue weighted by atomic mass is 10.2. The first kappa shape index (κ1) is 12.0. The molecule has 0 spiro atoms. The van der Waals surface area contributed by atoms with E-state index in [1.165, 1.54) is 12.8 Å². The maximum atomic E-state index is 5.67. The topological polar surface area (TPSA) is 33.6 Å². The molecule has 0 bridgehead atoms. The fraction of sp³-hybridized carbons (Fsp3) is 0.500. The molecule has 0 atom stereocenters. The van der Waals surface area contributed by atoms with Crippen molar-refractivity contribution >= 4 is 5.84 Å². The van der Waals surface area contributed by atoms with Crippen LogP contribution in [0.5, 0.6) is 5.75 Å². The summed E-state index contributed by atoms with van der Waals surface area (Å²) in [6.45, 7) is 4.84. The average molecular weight is 232 g/mol. The lowest BCUT2D eigenvalue weighted by Gasteiger charge is -2.07. The maximum Gasteiger partial charge on any atom is 0.128 e. The van der Waals surface area contributed by atoms with Gasteiger partial charge in [0.1, 0.15) is 11.6 Å². The molecule has 1 aliphatic heterocycles. The van der Waals surface area contributed by atoms with Gasteiger partial charge in [0.05, 0.1) is 13.2 Å². The lowest BCUT2D eigenvalue weighted by molar-refractivity contribution is 0.306. The quantitative estimate of drug-likeness (QED) is 0.765. The van der Waals surface area contributed by atoms with E-state index in [0.717, 1.165) is 43.3 Å². The summed E-state index contributed by atoms with van der Waals surface area (Å²) in [7, 11) is 0. The predicted molar refractivity (Wildman–Crippen MR) is 70.9 cm³/mol. The van der Waals surface area contributed by atoms with Gasteiger partial charge in [-0.2, -0.15) is 0 Å². The Kier molecular flexibility index (Phi) is 4.42. The van der Waals surface area contributed by atoms with E-state index in [0.29, 0.717) is 0 Å². The molecule has 3 heteroatoms. The van der Waals surface area contributed by atoms with Crippen LogP contribution in [0.15, 0.2) is 29.3 Å². The first-order chi connectivity index (χ1) is 8.40. The summed E-state index contributed by atoms with van der Waals surface area (Å²) in [6.07, 6.45) is 3.60. The van der Waals surface area contributed by atoms with Crippen LogP contribution < -0.4 is 10.1 Å². The number of rotatable bonds is 6. The average Bonchev–Trinajstić information content (AvgIpc) is 2.89. The van der Waals surface area contributed by atoms with Gasteiger partial charge >= 0.3 is 0 Å². The highest BCUT2D eigenvalue weighted by Gasteiger charge is 2.07. The molecule has 0 fully saturated rings. The van der Waals surface area contributed by atoms with Crippen LogP contribution in [0.25, 0.3) is 0 Å². The molecule has 92 valence electrons. The minimum absolute atomic E-state index is 0.812. The molecule has 1 heterocycles. The fourth-order valence-corrected chi connectivity index (χ4v) is 1.84. The molecule has 0 aromatic heterocycles. The van der Waals surface area contributed by atoms with E-state index in [1.54, 1.807) is 0 Å². The molecule has 1 aromatic carbocycles. The molecular formula is C14H20N2O. The molecule has 0 radical (unpaired) electrons. The van der Waals surface area contributed by atoms with Crippen LogP contribution in [0.4, 0.5) is 0 Å². The van der Waals surface area contributed by atoms with E-state index in [1.807, 2.05) is 12.1 Å². The Morgan fingerprint density at radius 1 is 1.24 bits per heavy atom. The molecule has 1 N–H and O–H groups in total. The van der Waals surface area contributed by atoms with Crippen molar-refractivity contribution in [3.8, 4) is 5.75 Å². The zero-order valence-electron chi connectivity index (χ0n) is 10.4. The van der Waals surface area contributed by atoms with Gasteiger partial charge in [-0.05, 0) is 30.7 Å². The molecular weight excluding hydrogens is 212 g/mol. The van der Waals surface area contributed by atoms with Gasteiger partial charge in [0, 0.05) is 12.1 Å². The predicted octanol–water partition coefficient (Wildman–Crippen LogP) is 2.61. The third kappa shape index (κ3) is 3.48. The van der Waals surface area contributed by atoms with Crippen LogP contribution in [0.2, 0.25) is 0 Å². The minimum Gasteiger partial charge on any atom is -0.494 e. The van der Waals surface area contributed by atoms with Crippen LogP contribution >= 0.6 is 0 Å². The van der Waals surface area contributed by atoms with Crippen molar-refractivity contribution in [1.29, 1.82) is 0 Å². The number of hydrogen-bond donors (Lipinski definition) is 1. The molecule has 0 amide bonds. The number of benzene rings is 1. The second kappa shape index (κ2) is 6.28. The van der Waals surface area contributed by atoms with Gasteiger partial charge in [-0.15, -0.1) is 0 Å². The molecule has 0 saturated heterocycles.